The third kappa shape index (κ3) is 3.79. The molecule has 0 aliphatic heterocycles. The molecule has 2 aromatic rings. The maximum atomic E-state index is 11.8. The van der Waals surface area contributed by atoms with Gasteiger partial charge in [-0.3, -0.25) is 9.59 Å². The van der Waals surface area contributed by atoms with Crippen molar-refractivity contribution in [3.8, 4) is 5.69 Å². The Morgan fingerprint density at radius 3 is 2.86 bits per heavy atom. The number of carbonyl (C=O) groups is 2. The molecule has 2 rings (SSSR count). The third-order valence-electron chi connectivity index (χ3n) is 2.36. The van der Waals surface area contributed by atoms with E-state index in [0.717, 1.165) is 0 Å². The first-order valence-corrected chi connectivity index (χ1v) is 6.40. The van der Waals surface area contributed by atoms with E-state index in [1.165, 1.54) is 23.3 Å². The summed E-state index contributed by atoms with van der Waals surface area (Å²) in [5, 5.41) is 13.5. The predicted octanol–water partition coefficient (Wildman–Crippen LogP) is 0.836. The number of allylic oxidation sites excluding steroid dienone is 1. The van der Waals surface area contributed by atoms with Crippen LogP contribution in [0.15, 0.2) is 36.9 Å². The van der Waals surface area contributed by atoms with Crippen LogP contribution in [0.3, 0.4) is 0 Å². The smallest absolute Gasteiger partial charge is 0.342 e. The Kier molecular flexibility index (Phi) is 5.04. The maximum absolute atomic E-state index is 11.8. The van der Waals surface area contributed by atoms with Gasteiger partial charge in [0, 0.05) is 5.02 Å². The molecule has 0 bridgehead atoms. The molecule has 22 heavy (non-hydrogen) atoms. The van der Waals surface area contributed by atoms with Crippen LogP contribution in [-0.2, 0) is 14.4 Å². The van der Waals surface area contributed by atoms with Gasteiger partial charge in [-0.15, -0.1) is 5.10 Å². The van der Waals surface area contributed by atoms with Crippen LogP contribution in [0.2, 0.25) is 5.02 Å². The zero-order valence-electron chi connectivity index (χ0n) is 11.4. The monoisotopic (exact) mass is 322 g/mol. The van der Waals surface area contributed by atoms with E-state index >= 15 is 0 Å². The molecule has 0 aliphatic rings. The van der Waals surface area contributed by atoms with Gasteiger partial charge < -0.3 is 10.2 Å². The van der Waals surface area contributed by atoms with Crippen molar-refractivity contribution in [3.05, 3.63) is 41.9 Å². The van der Waals surface area contributed by atoms with Gasteiger partial charge in [0.2, 0.25) is 0 Å². The predicted molar refractivity (Wildman–Crippen MR) is 76.8 cm³/mol. The molecule has 0 saturated carbocycles. The molecular weight excluding hydrogens is 312 g/mol. The van der Waals surface area contributed by atoms with Crippen LogP contribution >= 0.6 is 11.6 Å². The molecule has 1 aromatic carbocycles. The van der Waals surface area contributed by atoms with Crippen molar-refractivity contribution in [3.63, 3.8) is 0 Å². The molecule has 0 saturated heterocycles. The number of amides is 2. The zero-order chi connectivity index (χ0) is 15.9. The summed E-state index contributed by atoms with van der Waals surface area (Å²) in [6.07, 6.45) is 4.11. The number of rotatable bonds is 4. The number of nitrogens with zero attached hydrogens (tertiary/aromatic N) is 4. The number of aromatic nitrogens is 4. The number of hydrogen-bond acceptors (Lipinski definition) is 6. The molecule has 1 heterocycles. The molecule has 9 nitrogen and oxygen atoms in total. The van der Waals surface area contributed by atoms with E-state index in [0.29, 0.717) is 10.7 Å². The lowest BCUT2D eigenvalue weighted by atomic mass is 10.2. The average molecular weight is 323 g/mol. The van der Waals surface area contributed by atoms with Gasteiger partial charge in [-0.25, -0.2) is 0 Å². The van der Waals surface area contributed by atoms with Crippen molar-refractivity contribution in [2.45, 2.75) is 6.92 Å². The van der Waals surface area contributed by atoms with Gasteiger partial charge in [0.1, 0.15) is 12.6 Å². The molecule has 10 heteroatoms. The molecule has 0 unspecified atom stereocenters. The first-order chi connectivity index (χ1) is 10.6. The van der Waals surface area contributed by atoms with Crippen LogP contribution in [-0.4, -0.2) is 32.0 Å². The van der Waals surface area contributed by atoms with Gasteiger partial charge in [-0.05, 0) is 41.6 Å². The van der Waals surface area contributed by atoms with Crippen LogP contribution < -0.4 is 10.8 Å². The van der Waals surface area contributed by atoms with Gasteiger partial charge in [0.05, 0.1) is 11.4 Å². The van der Waals surface area contributed by atoms with E-state index in [4.69, 9.17) is 11.6 Å². The standard InChI is InChI=1S/C12H11ClN6O3/c1-2-5-22-16-12(21)11(20)15-9-6-8(13)3-4-10(9)19-7-14-17-18-19/h2-7H,1H3,(H,15,20)(H,16,21)/b5-2-. The summed E-state index contributed by atoms with van der Waals surface area (Å²) in [4.78, 5) is 28.0. The number of halogens is 1. The highest BCUT2D eigenvalue weighted by molar-refractivity contribution is 6.39. The average Bonchev–Trinajstić information content (AvgIpc) is 3.01. The van der Waals surface area contributed by atoms with Gasteiger partial charge in [0.15, 0.2) is 0 Å². The Hall–Kier alpha value is -2.94. The molecule has 1 aromatic heterocycles. The van der Waals surface area contributed by atoms with E-state index in [1.807, 2.05) is 5.48 Å². The van der Waals surface area contributed by atoms with Gasteiger partial charge in [0.25, 0.3) is 0 Å². The lowest BCUT2D eigenvalue weighted by Gasteiger charge is -2.10. The molecular formula is C12H11ClN6O3. The summed E-state index contributed by atoms with van der Waals surface area (Å²) in [5.74, 6) is -1.90. The molecule has 2 N–H and O–H groups in total. The largest absolute Gasteiger partial charge is 0.387 e. The first-order valence-electron chi connectivity index (χ1n) is 6.03. The van der Waals surface area contributed by atoms with E-state index < -0.39 is 11.8 Å². The molecule has 0 spiro atoms. The van der Waals surface area contributed by atoms with E-state index in [-0.39, 0.29) is 5.69 Å². The Labute approximate surface area is 129 Å². The number of anilines is 1. The number of hydrogen-bond donors (Lipinski definition) is 2. The molecule has 0 atom stereocenters. The summed E-state index contributed by atoms with van der Waals surface area (Å²) in [6, 6.07) is 4.67. The summed E-state index contributed by atoms with van der Waals surface area (Å²) in [7, 11) is 0. The Balaban J connectivity index is 2.16. The van der Waals surface area contributed by atoms with Gasteiger partial charge in [-0.2, -0.15) is 10.2 Å². The lowest BCUT2D eigenvalue weighted by molar-refractivity contribution is -0.141. The van der Waals surface area contributed by atoms with Crippen LogP contribution in [0.25, 0.3) is 5.69 Å². The first kappa shape index (κ1) is 15.4. The highest BCUT2D eigenvalue weighted by Gasteiger charge is 2.17. The van der Waals surface area contributed by atoms with E-state index in [9.17, 15) is 9.59 Å². The third-order valence-corrected chi connectivity index (χ3v) is 2.60. The minimum Gasteiger partial charge on any atom is -0.387 e. The number of hydroxylamine groups is 1. The van der Waals surface area contributed by atoms with Crippen molar-refractivity contribution in [1.82, 2.24) is 25.7 Å². The van der Waals surface area contributed by atoms with E-state index in [1.54, 1.807) is 25.1 Å². The second kappa shape index (κ2) is 7.18. The fourth-order valence-corrected chi connectivity index (χ4v) is 1.63. The topological polar surface area (TPSA) is 111 Å². The Morgan fingerprint density at radius 1 is 1.36 bits per heavy atom. The quantitative estimate of drug-likeness (QED) is 0.490. The highest BCUT2D eigenvalue weighted by Crippen LogP contribution is 2.23. The van der Waals surface area contributed by atoms with Gasteiger partial charge in [-0.1, -0.05) is 11.6 Å². The zero-order valence-corrected chi connectivity index (χ0v) is 12.1. The molecule has 0 radical (unpaired) electrons. The van der Waals surface area contributed by atoms with Crippen molar-refractivity contribution in [2.75, 3.05) is 5.32 Å². The Morgan fingerprint density at radius 2 is 2.18 bits per heavy atom. The lowest BCUT2D eigenvalue weighted by Crippen LogP contribution is -2.34. The maximum Gasteiger partial charge on any atom is 0.342 e. The minimum atomic E-state index is -0.972. The van der Waals surface area contributed by atoms with Crippen LogP contribution in [0.1, 0.15) is 6.92 Å². The molecule has 2 amide bonds. The van der Waals surface area contributed by atoms with Crippen molar-refractivity contribution in [1.29, 1.82) is 0 Å². The minimum absolute atomic E-state index is 0.269. The number of carbonyl (C=O) groups excluding carboxylic acids is 2. The second-order valence-corrected chi connectivity index (χ2v) is 4.32. The molecule has 0 fully saturated rings. The van der Waals surface area contributed by atoms with Crippen molar-refractivity contribution in [2.24, 2.45) is 0 Å². The highest BCUT2D eigenvalue weighted by atomic mass is 35.5. The number of nitrogens with one attached hydrogen (secondary N) is 2. The molecule has 114 valence electrons. The normalized spacial score (nSPS) is 10.5. The SMILES string of the molecule is C/C=C\ONC(=O)C(=O)Nc1cc(Cl)ccc1-n1cnnn1. The summed E-state index contributed by atoms with van der Waals surface area (Å²) >= 11 is 5.90. The summed E-state index contributed by atoms with van der Waals surface area (Å²) < 4.78 is 1.32. The second-order valence-electron chi connectivity index (χ2n) is 3.89. The van der Waals surface area contributed by atoms with Gasteiger partial charge >= 0.3 is 11.8 Å². The summed E-state index contributed by atoms with van der Waals surface area (Å²) in [5.41, 5.74) is 2.67. The Bertz CT molecular complexity index is 701. The number of benzene rings is 1. The van der Waals surface area contributed by atoms with Crippen molar-refractivity contribution < 1.29 is 14.4 Å². The fraction of sp³-hybridized carbons (Fsp3) is 0.0833. The van der Waals surface area contributed by atoms with Crippen LogP contribution in [0, 0.1) is 0 Å². The number of tetrazole rings is 1. The molecule has 0 aliphatic carbocycles. The van der Waals surface area contributed by atoms with E-state index in [2.05, 4.69) is 25.7 Å². The van der Waals surface area contributed by atoms with Crippen LogP contribution in [0.5, 0.6) is 0 Å². The fourth-order valence-electron chi connectivity index (χ4n) is 1.46. The van der Waals surface area contributed by atoms with Crippen molar-refractivity contribution >= 4 is 29.1 Å². The van der Waals surface area contributed by atoms with Crippen LogP contribution in [0.4, 0.5) is 5.69 Å². The summed E-state index contributed by atoms with van der Waals surface area (Å²) in [6.45, 7) is 1.69.